The van der Waals surface area contributed by atoms with E-state index in [4.69, 9.17) is 10.5 Å². The summed E-state index contributed by atoms with van der Waals surface area (Å²) in [6.07, 6.45) is 1.04. The zero-order valence-corrected chi connectivity index (χ0v) is 11.4. The fraction of sp³-hybridized carbons (Fsp3) is 0.357. The first-order valence-corrected chi connectivity index (χ1v) is 6.62. The number of nitrogens with zero attached hydrogens (tertiary/aromatic N) is 2. The molecule has 1 aromatic carbocycles. The average molecular weight is 274 g/mol. The summed E-state index contributed by atoms with van der Waals surface area (Å²) < 4.78 is 4.86. The van der Waals surface area contributed by atoms with E-state index in [0.717, 1.165) is 11.0 Å². The number of esters is 1. The number of hydrogen-bond acceptors (Lipinski definition) is 6. The van der Waals surface area contributed by atoms with Crippen molar-refractivity contribution in [2.45, 2.75) is 19.8 Å². The Bertz CT molecular complexity index is 601. The normalized spacial score (nSPS) is 10.4. The molecule has 3 N–H and O–H groups in total. The van der Waals surface area contributed by atoms with E-state index in [2.05, 4.69) is 15.3 Å². The van der Waals surface area contributed by atoms with Gasteiger partial charge in [-0.3, -0.25) is 4.79 Å². The van der Waals surface area contributed by atoms with Crippen molar-refractivity contribution in [3.63, 3.8) is 0 Å². The molecule has 0 saturated carbocycles. The summed E-state index contributed by atoms with van der Waals surface area (Å²) in [5.41, 5.74) is 7.40. The van der Waals surface area contributed by atoms with E-state index in [1.807, 2.05) is 24.3 Å². The Labute approximate surface area is 117 Å². The van der Waals surface area contributed by atoms with Crippen molar-refractivity contribution in [1.29, 1.82) is 0 Å². The van der Waals surface area contributed by atoms with Gasteiger partial charge in [-0.2, -0.15) is 0 Å². The van der Waals surface area contributed by atoms with Crippen molar-refractivity contribution in [1.82, 2.24) is 9.97 Å². The first-order chi connectivity index (χ1) is 9.70. The molecule has 0 amide bonds. The van der Waals surface area contributed by atoms with Crippen LogP contribution in [0.15, 0.2) is 24.3 Å². The lowest BCUT2D eigenvalue weighted by atomic mass is 10.3. The van der Waals surface area contributed by atoms with Crippen LogP contribution in [0, 0.1) is 0 Å². The number of benzene rings is 1. The predicted octanol–water partition coefficient (Wildman–Crippen LogP) is 1.97. The molecule has 0 aliphatic rings. The van der Waals surface area contributed by atoms with Gasteiger partial charge in [0.1, 0.15) is 0 Å². The second-order valence-corrected chi connectivity index (χ2v) is 4.28. The minimum absolute atomic E-state index is 0.188. The largest absolute Gasteiger partial charge is 0.466 e. The number of carbonyl (C=O) groups is 1. The lowest BCUT2D eigenvalue weighted by molar-refractivity contribution is -0.143. The number of ether oxygens (including phenoxy) is 1. The van der Waals surface area contributed by atoms with Crippen LogP contribution in [0.5, 0.6) is 0 Å². The highest BCUT2D eigenvalue weighted by atomic mass is 16.5. The summed E-state index contributed by atoms with van der Waals surface area (Å²) in [7, 11) is 0. The third-order valence-electron chi connectivity index (χ3n) is 2.75. The number of aromatic nitrogens is 2. The van der Waals surface area contributed by atoms with Crippen LogP contribution in [0.3, 0.4) is 0 Å². The summed E-state index contributed by atoms with van der Waals surface area (Å²) >= 11 is 0. The van der Waals surface area contributed by atoms with E-state index in [1.54, 1.807) is 6.92 Å². The monoisotopic (exact) mass is 274 g/mol. The Kier molecular flexibility index (Phi) is 4.70. The van der Waals surface area contributed by atoms with Crippen LogP contribution in [0.2, 0.25) is 0 Å². The molecule has 2 aromatic rings. The summed E-state index contributed by atoms with van der Waals surface area (Å²) in [6.45, 7) is 2.80. The van der Waals surface area contributed by atoms with E-state index in [0.29, 0.717) is 37.6 Å². The van der Waals surface area contributed by atoms with Gasteiger partial charge in [-0.15, -0.1) is 0 Å². The van der Waals surface area contributed by atoms with E-state index < -0.39 is 0 Å². The molecule has 6 heteroatoms. The van der Waals surface area contributed by atoms with Gasteiger partial charge in [-0.1, -0.05) is 12.1 Å². The van der Waals surface area contributed by atoms with Gasteiger partial charge >= 0.3 is 5.97 Å². The van der Waals surface area contributed by atoms with Gasteiger partial charge in [0, 0.05) is 13.0 Å². The molecule has 0 fully saturated rings. The van der Waals surface area contributed by atoms with Gasteiger partial charge in [0.2, 0.25) is 0 Å². The van der Waals surface area contributed by atoms with E-state index in [-0.39, 0.29) is 5.97 Å². The number of nitrogen functional groups attached to an aromatic ring is 1. The second-order valence-electron chi connectivity index (χ2n) is 4.28. The molecule has 1 aromatic heterocycles. The van der Waals surface area contributed by atoms with Crippen molar-refractivity contribution in [2.24, 2.45) is 0 Å². The smallest absolute Gasteiger partial charge is 0.305 e. The van der Waals surface area contributed by atoms with Gasteiger partial charge in [-0.05, 0) is 25.5 Å². The Morgan fingerprint density at radius 2 is 2.00 bits per heavy atom. The first kappa shape index (κ1) is 14.0. The van der Waals surface area contributed by atoms with Crippen molar-refractivity contribution < 1.29 is 9.53 Å². The van der Waals surface area contributed by atoms with Crippen LogP contribution in [-0.4, -0.2) is 29.1 Å². The highest BCUT2D eigenvalue weighted by molar-refractivity contribution is 5.79. The summed E-state index contributed by atoms with van der Waals surface area (Å²) in [5.74, 6) is 0.722. The number of nitrogens with two attached hydrogens (primary N) is 1. The molecule has 0 atom stereocenters. The number of nitrogens with one attached hydrogen (secondary N) is 1. The van der Waals surface area contributed by atoms with E-state index >= 15 is 0 Å². The number of anilines is 2. The van der Waals surface area contributed by atoms with Crippen molar-refractivity contribution in [3.05, 3.63) is 24.3 Å². The Hall–Kier alpha value is -2.37. The molecule has 0 unspecified atom stereocenters. The summed E-state index contributed by atoms with van der Waals surface area (Å²) in [6, 6.07) is 7.54. The Morgan fingerprint density at radius 3 is 2.70 bits per heavy atom. The molecule has 106 valence electrons. The molecule has 0 aliphatic carbocycles. The van der Waals surface area contributed by atoms with E-state index in [1.165, 1.54) is 0 Å². The van der Waals surface area contributed by atoms with Gasteiger partial charge in [0.15, 0.2) is 11.6 Å². The van der Waals surface area contributed by atoms with E-state index in [9.17, 15) is 4.79 Å². The quantitative estimate of drug-likeness (QED) is 0.618. The molecular weight excluding hydrogens is 256 g/mol. The second kappa shape index (κ2) is 6.70. The molecule has 20 heavy (non-hydrogen) atoms. The molecule has 0 radical (unpaired) electrons. The Morgan fingerprint density at radius 1 is 1.30 bits per heavy atom. The lowest BCUT2D eigenvalue weighted by Crippen LogP contribution is -2.10. The predicted molar refractivity (Wildman–Crippen MR) is 78.3 cm³/mol. The van der Waals surface area contributed by atoms with Gasteiger partial charge in [0.05, 0.1) is 17.6 Å². The van der Waals surface area contributed by atoms with Gasteiger partial charge in [0.25, 0.3) is 0 Å². The average Bonchev–Trinajstić information content (AvgIpc) is 2.44. The molecule has 0 saturated heterocycles. The fourth-order valence-electron chi connectivity index (χ4n) is 1.82. The number of fused-ring (bicyclic) bond motifs is 1. The molecule has 2 rings (SSSR count). The fourth-order valence-corrected chi connectivity index (χ4v) is 1.82. The highest BCUT2D eigenvalue weighted by Gasteiger charge is 2.06. The molecule has 6 nitrogen and oxygen atoms in total. The number of rotatable bonds is 6. The van der Waals surface area contributed by atoms with Crippen molar-refractivity contribution in [2.75, 3.05) is 24.2 Å². The minimum Gasteiger partial charge on any atom is -0.466 e. The maximum atomic E-state index is 11.2. The lowest BCUT2D eigenvalue weighted by Gasteiger charge is -2.08. The van der Waals surface area contributed by atoms with Crippen LogP contribution in [-0.2, 0) is 9.53 Å². The van der Waals surface area contributed by atoms with Crippen LogP contribution in [0.25, 0.3) is 11.0 Å². The molecule has 0 aliphatic heterocycles. The molecule has 0 bridgehead atoms. The van der Waals surface area contributed by atoms with Gasteiger partial charge in [-0.25, -0.2) is 9.97 Å². The zero-order chi connectivity index (χ0) is 14.4. The third-order valence-corrected chi connectivity index (χ3v) is 2.75. The summed E-state index contributed by atoms with van der Waals surface area (Å²) in [4.78, 5) is 19.9. The number of carbonyl (C=O) groups excluding carboxylic acids is 1. The SMILES string of the molecule is CCOC(=O)CCCNc1nc2ccccc2nc1N. The zero-order valence-electron chi connectivity index (χ0n) is 11.4. The standard InChI is InChI=1S/C14H18N4O2/c1-2-20-12(19)8-5-9-16-14-13(15)17-10-6-3-4-7-11(10)18-14/h3-4,6-7H,2,5,8-9H2,1H3,(H2,15,17)(H,16,18). The number of hydrogen-bond donors (Lipinski definition) is 2. The molecule has 0 spiro atoms. The molecule has 1 heterocycles. The minimum atomic E-state index is -0.188. The highest BCUT2D eigenvalue weighted by Crippen LogP contribution is 2.18. The van der Waals surface area contributed by atoms with Gasteiger partial charge < -0.3 is 15.8 Å². The first-order valence-electron chi connectivity index (χ1n) is 6.62. The Balaban J connectivity index is 1.93. The van der Waals surface area contributed by atoms with Crippen molar-refractivity contribution >= 4 is 28.6 Å². The van der Waals surface area contributed by atoms with Crippen LogP contribution in [0.1, 0.15) is 19.8 Å². The maximum absolute atomic E-state index is 11.2. The van der Waals surface area contributed by atoms with Crippen molar-refractivity contribution in [3.8, 4) is 0 Å². The van der Waals surface area contributed by atoms with Crippen LogP contribution in [0.4, 0.5) is 11.6 Å². The third kappa shape index (κ3) is 3.57. The topological polar surface area (TPSA) is 90.1 Å². The molecular formula is C14H18N4O2. The number of para-hydroxylation sites is 2. The van der Waals surface area contributed by atoms with Crippen LogP contribution >= 0.6 is 0 Å². The maximum Gasteiger partial charge on any atom is 0.305 e. The summed E-state index contributed by atoms with van der Waals surface area (Å²) in [5, 5.41) is 3.10. The van der Waals surface area contributed by atoms with Crippen LogP contribution < -0.4 is 11.1 Å².